The number of aromatic carboxylic acids is 1. The lowest BCUT2D eigenvalue weighted by Crippen LogP contribution is -2.43. The second-order valence-corrected chi connectivity index (χ2v) is 4.83. The Morgan fingerprint density at radius 2 is 2.39 bits per heavy atom. The van der Waals surface area contributed by atoms with E-state index in [-0.39, 0.29) is 11.1 Å². The standard InChI is InChI=1S/C12H17N3O3/c1-8-13-6-9(11(16)17)10(14-8)15-12(2)4-3-5-18-7-12/h6H,3-5,7H2,1-2H3,(H,16,17)(H,13,14,15). The van der Waals surface area contributed by atoms with Crippen molar-refractivity contribution in [1.29, 1.82) is 0 Å². The molecule has 2 rings (SSSR count). The van der Waals surface area contributed by atoms with Crippen LogP contribution in [0.25, 0.3) is 0 Å². The van der Waals surface area contributed by atoms with Crippen molar-refractivity contribution in [1.82, 2.24) is 9.97 Å². The highest BCUT2D eigenvalue weighted by molar-refractivity contribution is 5.92. The van der Waals surface area contributed by atoms with Crippen LogP contribution in [0.4, 0.5) is 5.82 Å². The zero-order valence-electron chi connectivity index (χ0n) is 10.6. The summed E-state index contributed by atoms with van der Waals surface area (Å²) < 4.78 is 5.43. The minimum Gasteiger partial charge on any atom is -0.477 e. The first-order valence-electron chi connectivity index (χ1n) is 5.93. The van der Waals surface area contributed by atoms with Crippen LogP contribution in [-0.2, 0) is 4.74 Å². The molecular formula is C12H17N3O3. The van der Waals surface area contributed by atoms with Gasteiger partial charge in [0.1, 0.15) is 17.2 Å². The van der Waals surface area contributed by atoms with E-state index in [1.54, 1.807) is 6.92 Å². The van der Waals surface area contributed by atoms with Gasteiger partial charge in [-0.2, -0.15) is 0 Å². The summed E-state index contributed by atoms with van der Waals surface area (Å²) in [4.78, 5) is 19.2. The van der Waals surface area contributed by atoms with E-state index in [2.05, 4.69) is 15.3 Å². The maximum atomic E-state index is 11.1. The quantitative estimate of drug-likeness (QED) is 0.846. The lowest BCUT2D eigenvalue weighted by Gasteiger charge is -2.35. The van der Waals surface area contributed by atoms with Crippen molar-refractivity contribution in [3.63, 3.8) is 0 Å². The van der Waals surface area contributed by atoms with E-state index in [9.17, 15) is 4.79 Å². The van der Waals surface area contributed by atoms with E-state index in [1.807, 2.05) is 6.92 Å². The summed E-state index contributed by atoms with van der Waals surface area (Å²) in [6.45, 7) is 5.05. The second kappa shape index (κ2) is 4.89. The molecule has 98 valence electrons. The van der Waals surface area contributed by atoms with Gasteiger partial charge in [0.15, 0.2) is 0 Å². The Kier molecular flexibility index (Phi) is 3.47. The third-order valence-electron chi connectivity index (χ3n) is 3.00. The van der Waals surface area contributed by atoms with Crippen LogP contribution in [0.1, 0.15) is 35.9 Å². The third kappa shape index (κ3) is 2.76. The van der Waals surface area contributed by atoms with Crippen molar-refractivity contribution in [2.45, 2.75) is 32.2 Å². The van der Waals surface area contributed by atoms with Gasteiger partial charge in [-0.25, -0.2) is 14.8 Å². The summed E-state index contributed by atoms with van der Waals surface area (Å²) in [5.41, 5.74) is -0.184. The molecular weight excluding hydrogens is 234 g/mol. The molecule has 1 atom stereocenters. The molecule has 0 aromatic carbocycles. The molecule has 0 spiro atoms. The van der Waals surface area contributed by atoms with Crippen molar-refractivity contribution in [2.24, 2.45) is 0 Å². The summed E-state index contributed by atoms with van der Waals surface area (Å²) in [6, 6.07) is 0. The summed E-state index contributed by atoms with van der Waals surface area (Å²) in [6.07, 6.45) is 3.21. The van der Waals surface area contributed by atoms with E-state index in [0.29, 0.717) is 18.2 Å². The molecule has 6 nitrogen and oxygen atoms in total. The van der Waals surface area contributed by atoms with E-state index in [1.165, 1.54) is 6.20 Å². The molecule has 0 saturated carbocycles. The minimum absolute atomic E-state index is 0.0902. The van der Waals surface area contributed by atoms with Crippen molar-refractivity contribution in [2.75, 3.05) is 18.5 Å². The number of nitrogens with one attached hydrogen (secondary N) is 1. The molecule has 1 unspecified atom stereocenters. The first-order valence-corrected chi connectivity index (χ1v) is 5.93. The zero-order valence-corrected chi connectivity index (χ0v) is 10.6. The summed E-state index contributed by atoms with van der Waals surface area (Å²) in [5.74, 6) is -0.122. The van der Waals surface area contributed by atoms with Crippen LogP contribution < -0.4 is 5.32 Å². The maximum Gasteiger partial charge on any atom is 0.341 e. The van der Waals surface area contributed by atoms with E-state index in [4.69, 9.17) is 9.84 Å². The van der Waals surface area contributed by atoms with Crippen LogP contribution in [0, 0.1) is 6.92 Å². The molecule has 0 radical (unpaired) electrons. The van der Waals surface area contributed by atoms with Crippen LogP contribution in [0.15, 0.2) is 6.20 Å². The highest BCUT2D eigenvalue weighted by Gasteiger charge is 2.29. The number of ether oxygens (including phenoxy) is 1. The topological polar surface area (TPSA) is 84.3 Å². The lowest BCUT2D eigenvalue weighted by molar-refractivity contribution is 0.0536. The zero-order chi connectivity index (χ0) is 13.2. The number of rotatable bonds is 3. The molecule has 0 amide bonds. The van der Waals surface area contributed by atoms with Gasteiger partial charge in [-0.3, -0.25) is 0 Å². The number of carbonyl (C=O) groups is 1. The van der Waals surface area contributed by atoms with Crippen LogP contribution in [0.2, 0.25) is 0 Å². The number of aryl methyl sites for hydroxylation is 1. The minimum atomic E-state index is -1.03. The number of nitrogens with zero attached hydrogens (tertiary/aromatic N) is 2. The monoisotopic (exact) mass is 251 g/mol. The van der Waals surface area contributed by atoms with Crippen LogP contribution in [0.3, 0.4) is 0 Å². The van der Waals surface area contributed by atoms with Crippen molar-refractivity contribution in [3.05, 3.63) is 17.6 Å². The third-order valence-corrected chi connectivity index (χ3v) is 3.00. The second-order valence-electron chi connectivity index (χ2n) is 4.83. The number of aromatic nitrogens is 2. The maximum absolute atomic E-state index is 11.1. The number of hydrogen-bond donors (Lipinski definition) is 2. The Morgan fingerprint density at radius 3 is 3.00 bits per heavy atom. The molecule has 6 heteroatoms. The van der Waals surface area contributed by atoms with Crippen LogP contribution in [-0.4, -0.2) is 39.8 Å². The Bertz CT molecular complexity index is 456. The number of anilines is 1. The SMILES string of the molecule is Cc1ncc(C(=O)O)c(NC2(C)CCCOC2)n1. The van der Waals surface area contributed by atoms with E-state index < -0.39 is 5.97 Å². The van der Waals surface area contributed by atoms with Gasteiger partial charge in [-0.1, -0.05) is 0 Å². The number of hydrogen-bond acceptors (Lipinski definition) is 5. The van der Waals surface area contributed by atoms with Crippen LogP contribution in [0.5, 0.6) is 0 Å². The summed E-state index contributed by atoms with van der Waals surface area (Å²) >= 11 is 0. The van der Waals surface area contributed by atoms with Crippen molar-refractivity contribution >= 4 is 11.8 Å². The van der Waals surface area contributed by atoms with Crippen molar-refractivity contribution < 1.29 is 14.6 Å². The van der Waals surface area contributed by atoms with Crippen molar-refractivity contribution in [3.8, 4) is 0 Å². The fourth-order valence-corrected chi connectivity index (χ4v) is 2.04. The predicted octanol–water partition coefficient (Wildman–Crippen LogP) is 1.46. The van der Waals surface area contributed by atoms with Gasteiger partial charge in [-0.05, 0) is 26.7 Å². The largest absolute Gasteiger partial charge is 0.477 e. The first-order chi connectivity index (χ1) is 8.50. The molecule has 0 aliphatic carbocycles. The fraction of sp³-hybridized carbons (Fsp3) is 0.583. The number of carboxylic acids is 1. The van der Waals surface area contributed by atoms with Crippen LogP contribution >= 0.6 is 0 Å². The normalized spacial score (nSPS) is 23.7. The number of carboxylic acid groups (broad SMARTS) is 1. The highest BCUT2D eigenvalue weighted by Crippen LogP contribution is 2.24. The van der Waals surface area contributed by atoms with Gasteiger partial charge in [-0.15, -0.1) is 0 Å². The highest BCUT2D eigenvalue weighted by atomic mass is 16.5. The predicted molar refractivity (Wildman–Crippen MR) is 65.8 cm³/mol. The molecule has 1 aliphatic heterocycles. The Labute approximate surface area is 105 Å². The Morgan fingerprint density at radius 1 is 1.61 bits per heavy atom. The molecule has 1 aliphatic rings. The molecule has 1 fully saturated rings. The molecule has 1 aromatic rings. The molecule has 2 heterocycles. The average Bonchev–Trinajstić information content (AvgIpc) is 2.28. The van der Waals surface area contributed by atoms with Gasteiger partial charge in [0, 0.05) is 12.8 Å². The van der Waals surface area contributed by atoms with Gasteiger partial charge < -0.3 is 15.2 Å². The Balaban J connectivity index is 2.26. The lowest BCUT2D eigenvalue weighted by atomic mass is 9.95. The van der Waals surface area contributed by atoms with E-state index >= 15 is 0 Å². The molecule has 1 saturated heterocycles. The molecule has 2 N–H and O–H groups in total. The molecule has 18 heavy (non-hydrogen) atoms. The van der Waals surface area contributed by atoms with Gasteiger partial charge in [0.2, 0.25) is 0 Å². The summed E-state index contributed by atoms with van der Waals surface area (Å²) in [7, 11) is 0. The fourth-order valence-electron chi connectivity index (χ4n) is 2.04. The Hall–Kier alpha value is -1.69. The smallest absolute Gasteiger partial charge is 0.341 e. The summed E-state index contributed by atoms with van der Waals surface area (Å²) in [5, 5.41) is 12.3. The van der Waals surface area contributed by atoms with Gasteiger partial charge >= 0.3 is 5.97 Å². The van der Waals surface area contributed by atoms with Gasteiger partial charge in [0.25, 0.3) is 0 Å². The average molecular weight is 251 g/mol. The first kappa shape index (κ1) is 12.8. The molecule has 1 aromatic heterocycles. The van der Waals surface area contributed by atoms with E-state index in [0.717, 1.165) is 19.4 Å². The molecule has 0 bridgehead atoms. The van der Waals surface area contributed by atoms with Gasteiger partial charge in [0.05, 0.1) is 12.1 Å².